The van der Waals surface area contributed by atoms with Gasteiger partial charge >= 0.3 is 0 Å². The van der Waals surface area contributed by atoms with E-state index in [4.69, 9.17) is 23.2 Å². The van der Waals surface area contributed by atoms with E-state index < -0.39 is 11.8 Å². The summed E-state index contributed by atoms with van der Waals surface area (Å²) in [5.41, 5.74) is 6.25. The molecule has 0 unspecified atom stereocenters. The number of hydrazine groups is 1. The Bertz CT molecular complexity index is 987. The Kier molecular flexibility index (Phi) is 5.80. The van der Waals surface area contributed by atoms with E-state index in [2.05, 4.69) is 26.4 Å². The van der Waals surface area contributed by atoms with E-state index in [0.29, 0.717) is 26.9 Å². The third kappa shape index (κ3) is 4.69. The summed E-state index contributed by atoms with van der Waals surface area (Å²) in [6.45, 7) is 0. The third-order valence-corrected chi connectivity index (χ3v) is 4.27. The van der Waals surface area contributed by atoms with E-state index in [0.717, 1.165) is 0 Å². The standard InChI is InChI=1S/C17H12Cl2N6O2/c18-14-3-1-2-11(16(14)19)6-9-15(26)21-22-17(27)12-4-7-13(8-5-12)25-10-20-23-24-25/h1-10H,(H,21,26)(H,22,27)/b9-6+. The summed E-state index contributed by atoms with van der Waals surface area (Å²) in [7, 11) is 0. The quantitative estimate of drug-likeness (QED) is 0.515. The predicted octanol–water partition coefficient (Wildman–Crippen LogP) is 2.44. The zero-order valence-electron chi connectivity index (χ0n) is 13.6. The van der Waals surface area contributed by atoms with Gasteiger partial charge < -0.3 is 0 Å². The molecule has 0 fully saturated rings. The number of halogens is 2. The van der Waals surface area contributed by atoms with Crippen LogP contribution in [0, 0.1) is 0 Å². The van der Waals surface area contributed by atoms with Gasteiger partial charge in [0, 0.05) is 11.6 Å². The summed E-state index contributed by atoms with van der Waals surface area (Å²) in [5.74, 6) is -0.995. The molecular formula is C17H12Cl2N6O2. The molecule has 0 radical (unpaired) electrons. The molecular weight excluding hydrogens is 391 g/mol. The van der Waals surface area contributed by atoms with Crippen molar-refractivity contribution in [2.45, 2.75) is 0 Å². The van der Waals surface area contributed by atoms with Crippen LogP contribution in [-0.2, 0) is 4.79 Å². The minimum absolute atomic E-state index is 0.343. The molecule has 0 atom stereocenters. The monoisotopic (exact) mass is 402 g/mol. The van der Waals surface area contributed by atoms with Gasteiger partial charge in [-0.2, -0.15) is 0 Å². The molecule has 0 saturated carbocycles. The smallest absolute Gasteiger partial charge is 0.268 e. The second-order valence-corrected chi connectivity index (χ2v) is 6.01. The molecule has 0 aliphatic carbocycles. The molecule has 0 bridgehead atoms. The number of nitrogens with zero attached hydrogens (tertiary/aromatic N) is 4. The topological polar surface area (TPSA) is 102 Å². The number of benzene rings is 2. The molecule has 1 aromatic heterocycles. The lowest BCUT2D eigenvalue weighted by atomic mass is 10.2. The maximum atomic E-state index is 12.1. The van der Waals surface area contributed by atoms with Crippen LogP contribution in [0.1, 0.15) is 15.9 Å². The Balaban J connectivity index is 1.56. The van der Waals surface area contributed by atoms with Gasteiger partial charge in [0.05, 0.1) is 15.7 Å². The van der Waals surface area contributed by atoms with Gasteiger partial charge in [0.1, 0.15) is 6.33 Å². The molecule has 1 heterocycles. The number of rotatable bonds is 4. The lowest BCUT2D eigenvalue weighted by molar-refractivity contribution is -0.117. The van der Waals surface area contributed by atoms with Crippen LogP contribution in [0.2, 0.25) is 10.0 Å². The molecule has 0 aliphatic heterocycles. The molecule has 3 rings (SSSR count). The van der Waals surface area contributed by atoms with Crippen molar-refractivity contribution in [1.29, 1.82) is 0 Å². The Labute approximate surface area is 163 Å². The van der Waals surface area contributed by atoms with Crippen LogP contribution < -0.4 is 10.9 Å². The van der Waals surface area contributed by atoms with Crippen LogP contribution >= 0.6 is 23.2 Å². The van der Waals surface area contributed by atoms with Crippen molar-refractivity contribution in [2.24, 2.45) is 0 Å². The van der Waals surface area contributed by atoms with E-state index in [9.17, 15) is 9.59 Å². The number of amides is 2. The Morgan fingerprint density at radius 3 is 2.52 bits per heavy atom. The highest BCUT2D eigenvalue weighted by atomic mass is 35.5. The van der Waals surface area contributed by atoms with Crippen molar-refractivity contribution < 1.29 is 9.59 Å². The lowest BCUT2D eigenvalue weighted by Gasteiger charge is -2.06. The first-order valence-electron chi connectivity index (χ1n) is 7.60. The molecule has 0 spiro atoms. The normalized spacial score (nSPS) is 10.7. The summed E-state index contributed by atoms with van der Waals surface area (Å²) in [5, 5.41) is 11.6. The van der Waals surface area contributed by atoms with Crippen molar-refractivity contribution in [3.63, 3.8) is 0 Å². The van der Waals surface area contributed by atoms with E-state index >= 15 is 0 Å². The van der Waals surface area contributed by atoms with E-state index in [1.807, 2.05) is 0 Å². The summed E-state index contributed by atoms with van der Waals surface area (Å²) < 4.78 is 1.45. The molecule has 136 valence electrons. The van der Waals surface area contributed by atoms with Gasteiger partial charge in [-0.05, 0) is 52.4 Å². The third-order valence-electron chi connectivity index (χ3n) is 3.44. The largest absolute Gasteiger partial charge is 0.269 e. The van der Waals surface area contributed by atoms with Crippen molar-refractivity contribution in [3.8, 4) is 5.69 Å². The van der Waals surface area contributed by atoms with Gasteiger partial charge in [0.25, 0.3) is 11.8 Å². The fourth-order valence-corrected chi connectivity index (χ4v) is 2.46. The van der Waals surface area contributed by atoms with E-state index in [1.165, 1.54) is 23.2 Å². The highest BCUT2D eigenvalue weighted by molar-refractivity contribution is 6.42. The van der Waals surface area contributed by atoms with Crippen LogP contribution in [0.3, 0.4) is 0 Å². The summed E-state index contributed by atoms with van der Waals surface area (Å²) >= 11 is 11.9. The summed E-state index contributed by atoms with van der Waals surface area (Å²) in [4.78, 5) is 23.9. The first-order valence-corrected chi connectivity index (χ1v) is 8.36. The number of carbonyl (C=O) groups excluding carboxylic acids is 2. The minimum atomic E-state index is -0.523. The van der Waals surface area contributed by atoms with Gasteiger partial charge in [0.2, 0.25) is 0 Å². The molecule has 2 aromatic carbocycles. The Hall–Kier alpha value is -3.23. The number of hydrogen-bond donors (Lipinski definition) is 2. The average Bonchev–Trinajstić information content (AvgIpc) is 3.22. The zero-order valence-corrected chi connectivity index (χ0v) is 15.1. The van der Waals surface area contributed by atoms with Gasteiger partial charge in [-0.3, -0.25) is 20.4 Å². The van der Waals surface area contributed by atoms with Gasteiger partial charge in [-0.1, -0.05) is 35.3 Å². The Morgan fingerprint density at radius 2 is 1.81 bits per heavy atom. The minimum Gasteiger partial charge on any atom is -0.268 e. The molecule has 0 saturated heterocycles. The van der Waals surface area contributed by atoms with Gasteiger partial charge in [-0.25, -0.2) is 4.68 Å². The van der Waals surface area contributed by atoms with Crippen molar-refractivity contribution in [1.82, 2.24) is 31.1 Å². The fourth-order valence-electron chi connectivity index (χ4n) is 2.09. The lowest BCUT2D eigenvalue weighted by Crippen LogP contribution is -2.40. The summed E-state index contributed by atoms with van der Waals surface area (Å²) in [6.07, 6.45) is 4.17. The van der Waals surface area contributed by atoms with Crippen LogP contribution in [0.4, 0.5) is 0 Å². The number of carbonyl (C=O) groups is 2. The van der Waals surface area contributed by atoms with Crippen molar-refractivity contribution in [2.75, 3.05) is 0 Å². The molecule has 2 amide bonds. The first kappa shape index (κ1) is 18.6. The number of hydrogen-bond acceptors (Lipinski definition) is 5. The van der Waals surface area contributed by atoms with Crippen molar-refractivity contribution >= 4 is 41.1 Å². The molecule has 27 heavy (non-hydrogen) atoms. The first-order chi connectivity index (χ1) is 13.0. The van der Waals surface area contributed by atoms with Crippen LogP contribution in [0.25, 0.3) is 11.8 Å². The molecule has 3 aromatic rings. The van der Waals surface area contributed by atoms with Gasteiger partial charge in [-0.15, -0.1) is 5.10 Å². The number of nitrogens with one attached hydrogen (secondary N) is 2. The highest BCUT2D eigenvalue weighted by Crippen LogP contribution is 2.26. The SMILES string of the molecule is O=C(/C=C/c1cccc(Cl)c1Cl)NNC(=O)c1ccc(-n2cnnn2)cc1. The van der Waals surface area contributed by atoms with E-state index in [-0.39, 0.29) is 0 Å². The summed E-state index contributed by atoms with van der Waals surface area (Å²) in [6, 6.07) is 11.6. The highest BCUT2D eigenvalue weighted by Gasteiger charge is 2.07. The predicted molar refractivity (Wildman–Crippen MR) is 100 cm³/mol. The fraction of sp³-hybridized carbons (Fsp3) is 0. The number of tetrazole rings is 1. The number of aromatic nitrogens is 4. The zero-order chi connectivity index (χ0) is 19.2. The second kappa shape index (κ2) is 8.43. The molecule has 10 heteroatoms. The Morgan fingerprint density at radius 1 is 1.04 bits per heavy atom. The van der Waals surface area contributed by atoms with Crippen LogP contribution in [-0.4, -0.2) is 32.0 Å². The molecule has 8 nitrogen and oxygen atoms in total. The molecule has 2 N–H and O–H groups in total. The molecule has 0 aliphatic rings. The van der Waals surface area contributed by atoms with Crippen molar-refractivity contribution in [3.05, 3.63) is 76.0 Å². The maximum Gasteiger partial charge on any atom is 0.269 e. The second-order valence-electron chi connectivity index (χ2n) is 5.22. The maximum absolute atomic E-state index is 12.1. The van der Waals surface area contributed by atoms with Gasteiger partial charge in [0.15, 0.2) is 0 Å². The van der Waals surface area contributed by atoms with Crippen LogP contribution in [0.5, 0.6) is 0 Å². The average molecular weight is 403 g/mol. The van der Waals surface area contributed by atoms with E-state index in [1.54, 1.807) is 42.5 Å². The van der Waals surface area contributed by atoms with Crippen LogP contribution in [0.15, 0.2) is 54.9 Å².